The third kappa shape index (κ3) is 4.79. The van der Waals surface area contributed by atoms with Crippen molar-refractivity contribution in [2.24, 2.45) is 5.16 Å². The first kappa shape index (κ1) is 20.6. The molecule has 11 heteroatoms. The van der Waals surface area contributed by atoms with Crippen LogP contribution in [-0.2, 0) is 26.0 Å². The van der Waals surface area contributed by atoms with E-state index >= 15 is 0 Å². The minimum absolute atomic E-state index is 0.0128. The van der Waals surface area contributed by atoms with Gasteiger partial charge in [-0.3, -0.25) is 4.84 Å². The van der Waals surface area contributed by atoms with Gasteiger partial charge in [0.25, 0.3) is 10.0 Å². The summed E-state index contributed by atoms with van der Waals surface area (Å²) in [6.07, 6.45) is 0.713. The van der Waals surface area contributed by atoms with E-state index in [1.165, 1.54) is 17.8 Å². The van der Waals surface area contributed by atoms with Crippen LogP contribution >= 0.6 is 11.8 Å². The lowest BCUT2D eigenvalue weighted by atomic mass is 10.2. The number of rotatable bonds is 5. The maximum absolute atomic E-state index is 12.6. The van der Waals surface area contributed by atoms with E-state index in [1.807, 2.05) is 0 Å². The number of sulfonamides is 1. The molecule has 0 aromatic heterocycles. The highest BCUT2D eigenvalue weighted by Crippen LogP contribution is 2.20. The lowest BCUT2D eigenvalue weighted by molar-refractivity contribution is 0.135. The number of benzene rings is 1. The minimum atomic E-state index is -4.04. The molecule has 1 unspecified atom stereocenters. The van der Waals surface area contributed by atoms with Crippen LogP contribution in [0.1, 0.15) is 12.5 Å². The van der Waals surface area contributed by atoms with Gasteiger partial charge in [-0.05, 0) is 31.7 Å². The predicted octanol–water partition coefficient (Wildman–Crippen LogP) is 1.96. The number of aryl methyl sites for hydroxylation is 1. The van der Waals surface area contributed by atoms with Crippen LogP contribution in [0, 0.1) is 6.92 Å². The number of hydrogen-bond donors (Lipinski definition) is 0. The van der Waals surface area contributed by atoms with E-state index in [-0.39, 0.29) is 4.90 Å². The quantitative estimate of drug-likeness (QED) is 0.328. The van der Waals surface area contributed by atoms with Gasteiger partial charge in [0.05, 0.1) is 4.90 Å². The number of carbonyl (C=O) groups is 1. The minimum Gasteiger partial charge on any atom is -0.296 e. The van der Waals surface area contributed by atoms with Gasteiger partial charge in [-0.15, -0.1) is 11.8 Å². The van der Waals surface area contributed by atoms with E-state index in [0.717, 1.165) is 14.1 Å². The van der Waals surface area contributed by atoms with Gasteiger partial charge in [-0.25, -0.2) is 21.7 Å². The highest BCUT2D eigenvalue weighted by Gasteiger charge is 2.32. The van der Waals surface area contributed by atoms with Crippen molar-refractivity contribution in [1.29, 1.82) is 0 Å². The Kier molecular flexibility index (Phi) is 7.39. The Morgan fingerprint density at radius 2 is 1.88 bits per heavy atom. The lowest BCUT2D eigenvalue weighted by Crippen LogP contribution is -2.40. The van der Waals surface area contributed by atoms with Crippen molar-refractivity contribution in [2.45, 2.75) is 18.7 Å². The molecule has 1 amide bonds. The normalized spacial score (nSPS) is 13.7. The van der Waals surface area contributed by atoms with Gasteiger partial charge < -0.3 is 0 Å². The molecule has 0 aliphatic carbocycles. The average molecular weight is 394 g/mol. The summed E-state index contributed by atoms with van der Waals surface area (Å²) in [7, 11) is -1.76. The van der Waals surface area contributed by atoms with Gasteiger partial charge in [0.2, 0.25) is 11.2 Å². The van der Waals surface area contributed by atoms with Crippen molar-refractivity contribution in [3.63, 3.8) is 0 Å². The predicted molar refractivity (Wildman–Crippen MR) is 95.1 cm³/mol. The molecule has 0 saturated heterocycles. The lowest BCUT2D eigenvalue weighted by Gasteiger charge is -2.21. The summed E-state index contributed by atoms with van der Waals surface area (Å²) < 4.78 is 38.7. The van der Waals surface area contributed by atoms with Crippen LogP contribution in [-0.4, -0.2) is 52.1 Å². The Morgan fingerprint density at radius 1 is 1.29 bits per heavy atom. The zero-order chi connectivity index (χ0) is 18.5. The van der Waals surface area contributed by atoms with E-state index in [0.29, 0.717) is 18.6 Å². The molecule has 0 heterocycles. The van der Waals surface area contributed by atoms with Crippen molar-refractivity contribution < 1.29 is 22.3 Å². The van der Waals surface area contributed by atoms with Crippen molar-refractivity contribution in [3.05, 3.63) is 29.8 Å². The zero-order valence-corrected chi connectivity index (χ0v) is 16.4. The summed E-state index contributed by atoms with van der Waals surface area (Å²) in [5.74, 6) is 0. The van der Waals surface area contributed by atoms with Gasteiger partial charge in [-0.1, -0.05) is 27.1 Å². The molecular formula is C13H19N3O5S3. The fourth-order valence-electron chi connectivity index (χ4n) is 1.50. The van der Waals surface area contributed by atoms with Gasteiger partial charge >= 0.3 is 6.09 Å². The number of thioether (sulfide) groups is 1. The highest BCUT2D eigenvalue weighted by atomic mass is 32.3. The van der Waals surface area contributed by atoms with E-state index in [1.54, 1.807) is 38.3 Å². The SMILES string of the molecule is CSC(C)=NOC(=O)N(C)S(=O)N(C)S(=O)(=O)c1ccccc1C. The number of hydrogen-bond acceptors (Lipinski definition) is 7. The molecule has 0 aliphatic heterocycles. The number of oxime groups is 1. The van der Waals surface area contributed by atoms with E-state index in [9.17, 15) is 17.4 Å². The van der Waals surface area contributed by atoms with Crippen molar-refractivity contribution >= 4 is 44.1 Å². The fraction of sp³-hybridized carbons (Fsp3) is 0.385. The van der Waals surface area contributed by atoms with Crippen LogP contribution in [0.5, 0.6) is 0 Å². The Bertz CT molecular complexity index is 764. The second-order valence-electron chi connectivity index (χ2n) is 4.58. The molecule has 1 atom stereocenters. The third-order valence-corrected chi connectivity index (χ3v) is 7.35. The third-order valence-electron chi connectivity index (χ3n) is 2.97. The fourth-order valence-corrected chi connectivity index (χ4v) is 4.34. The number of amides is 1. The zero-order valence-electron chi connectivity index (χ0n) is 13.9. The molecule has 0 spiro atoms. The largest absolute Gasteiger partial charge is 0.448 e. The Balaban J connectivity index is 2.98. The standard InChI is InChI=1S/C13H19N3O5S3/c1-10-8-6-7-9-12(10)24(19,20)16(4)23(18)15(3)13(17)21-14-11(2)22-5/h6-9H,1-5H3. The molecule has 0 aliphatic rings. The highest BCUT2D eigenvalue weighted by molar-refractivity contribution is 8.13. The van der Waals surface area contributed by atoms with Crippen LogP contribution in [0.4, 0.5) is 4.79 Å². The smallest absolute Gasteiger partial charge is 0.296 e. The maximum atomic E-state index is 12.6. The molecule has 1 rings (SSSR count). The summed E-state index contributed by atoms with van der Waals surface area (Å²) in [5, 5.41) is 4.02. The van der Waals surface area contributed by atoms with Gasteiger partial charge in [0.15, 0.2) is 0 Å². The number of carbonyl (C=O) groups excluding carboxylic acids is 1. The molecule has 134 valence electrons. The van der Waals surface area contributed by atoms with Crippen LogP contribution in [0.3, 0.4) is 0 Å². The molecule has 0 N–H and O–H groups in total. The molecule has 24 heavy (non-hydrogen) atoms. The summed E-state index contributed by atoms with van der Waals surface area (Å²) >= 11 is -1.04. The molecule has 8 nitrogen and oxygen atoms in total. The van der Waals surface area contributed by atoms with E-state index < -0.39 is 27.3 Å². The molecule has 1 aromatic carbocycles. The molecule has 0 bridgehead atoms. The Hall–Kier alpha value is -1.43. The van der Waals surface area contributed by atoms with Crippen LogP contribution in [0.25, 0.3) is 0 Å². The topological polar surface area (TPSA) is 96.3 Å². The van der Waals surface area contributed by atoms with Gasteiger partial charge in [0, 0.05) is 14.1 Å². The van der Waals surface area contributed by atoms with E-state index in [4.69, 9.17) is 0 Å². The average Bonchev–Trinajstić information content (AvgIpc) is 2.57. The van der Waals surface area contributed by atoms with Gasteiger partial charge in [0.1, 0.15) is 5.04 Å². The van der Waals surface area contributed by atoms with E-state index in [2.05, 4.69) is 9.99 Å². The van der Waals surface area contributed by atoms with Crippen molar-refractivity contribution in [2.75, 3.05) is 20.4 Å². The summed E-state index contributed by atoms with van der Waals surface area (Å²) in [4.78, 5) is 16.4. The molecular weight excluding hydrogens is 374 g/mol. The van der Waals surface area contributed by atoms with Crippen molar-refractivity contribution in [1.82, 2.24) is 8.02 Å². The summed E-state index contributed by atoms with van der Waals surface area (Å²) in [5.41, 5.74) is 0.506. The van der Waals surface area contributed by atoms with Crippen LogP contribution in [0.2, 0.25) is 0 Å². The maximum Gasteiger partial charge on any atom is 0.448 e. The van der Waals surface area contributed by atoms with Crippen molar-refractivity contribution in [3.8, 4) is 0 Å². The van der Waals surface area contributed by atoms with Crippen LogP contribution < -0.4 is 0 Å². The number of nitrogens with zero attached hydrogens (tertiary/aromatic N) is 3. The summed E-state index contributed by atoms with van der Waals surface area (Å²) in [6, 6.07) is 6.29. The van der Waals surface area contributed by atoms with Crippen LogP contribution in [0.15, 0.2) is 34.3 Å². The molecule has 0 saturated carbocycles. The second kappa shape index (κ2) is 8.60. The molecule has 0 radical (unpaired) electrons. The Morgan fingerprint density at radius 3 is 2.42 bits per heavy atom. The molecule has 0 fully saturated rings. The first-order chi connectivity index (χ1) is 11.1. The monoisotopic (exact) mass is 393 g/mol. The van der Waals surface area contributed by atoms with Gasteiger partial charge in [-0.2, -0.15) is 0 Å². The second-order valence-corrected chi connectivity index (χ2v) is 9.30. The first-order valence-corrected chi connectivity index (χ1v) is 10.4. The Labute approximate surface area is 148 Å². The first-order valence-electron chi connectivity index (χ1n) is 6.62. The summed E-state index contributed by atoms with van der Waals surface area (Å²) in [6.45, 7) is 3.26. The molecule has 1 aromatic rings.